The molecule has 0 aromatic carbocycles. The molecule has 4 rings (SSSR count). The Morgan fingerprint density at radius 2 is 1.90 bits per heavy atom. The lowest BCUT2D eigenvalue weighted by Crippen LogP contribution is -2.38. The van der Waals surface area contributed by atoms with Crippen LogP contribution in [-0.4, -0.2) is 47.5 Å². The fourth-order valence-corrected chi connectivity index (χ4v) is 5.58. The fraction of sp³-hybridized carbons (Fsp3) is 0.826. The van der Waals surface area contributed by atoms with Gasteiger partial charge < -0.3 is 10.1 Å². The normalized spacial score (nSPS) is 24.6. The van der Waals surface area contributed by atoms with Crippen LogP contribution in [0.3, 0.4) is 0 Å². The van der Waals surface area contributed by atoms with Crippen molar-refractivity contribution >= 4 is 17.2 Å². The van der Waals surface area contributed by atoms with Crippen molar-refractivity contribution in [2.75, 3.05) is 19.7 Å². The number of nitrogens with one attached hydrogen (secondary N) is 1. The monoisotopic (exact) mass is 455 g/mol. The van der Waals surface area contributed by atoms with Crippen LogP contribution >= 0.6 is 11.3 Å². The van der Waals surface area contributed by atoms with E-state index in [-0.39, 0.29) is 5.91 Å². The highest BCUT2D eigenvalue weighted by molar-refractivity contribution is 7.13. The second-order valence-corrected chi connectivity index (χ2v) is 10.8. The maximum Gasteiger partial charge on any atom is 0.278 e. The summed E-state index contributed by atoms with van der Waals surface area (Å²) in [5, 5.41) is 3.61. The molecule has 0 atom stereocenters. The smallest absolute Gasteiger partial charge is 0.278 e. The number of ether oxygens (including phenoxy) is 1. The van der Waals surface area contributed by atoms with E-state index < -0.39 is 12.5 Å². The van der Waals surface area contributed by atoms with Crippen molar-refractivity contribution in [1.82, 2.24) is 15.2 Å². The highest BCUT2D eigenvalue weighted by atomic mass is 32.1. The molecule has 2 fully saturated rings. The first-order valence-corrected chi connectivity index (χ1v) is 12.7. The minimum absolute atomic E-state index is 0.244. The number of rotatable bonds is 10. The summed E-state index contributed by atoms with van der Waals surface area (Å²) in [6.45, 7) is 3.06. The Labute approximate surface area is 187 Å². The van der Waals surface area contributed by atoms with Gasteiger partial charge in [-0.05, 0) is 63.3 Å². The summed E-state index contributed by atoms with van der Waals surface area (Å²) in [5.41, 5.74) is 0.989. The number of amides is 1. The Bertz CT molecular complexity index is 740. The summed E-state index contributed by atoms with van der Waals surface area (Å²) in [6, 6.07) is 0.365. The zero-order valence-corrected chi connectivity index (χ0v) is 19.3. The molecule has 2 heterocycles. The number of nitrogens with zero attached hydrogens (tertiary/aromatic N) is 2. The first-order chi connectivity index (χ1) is 14.8. The van der Waals surface area contributed by atoms with Gasteiger partial charge in [0.1, 0.15) is 0 Å². The van der Waals surface area contributed by atoms with Gasteiger partial charge in [0.05, 0.1) is 5.69 Å². The molecule has 1 aromatic heterocycles. The lowest BCUT2D eigenvalue weighted by Gasteiger charge is -2.32. The highest BCUT2D eigenvalue weighted by Gasteiger charge is 2.27. The molecule has 0 bridgehead atoms. The van der Waals surface area contributed by atoms with Gasteiger partial charge in [0.25, 0.3) is 11.1 Å². The molecule has 2 saturated carbocycles. The van der Waals surface area contributed by atoms with E-state index >= 15 is 0 Å². The minimum atomic E-state index is -2.84. The maximum atomic E-state index is 13.0. The number of carbonyl (C=O) groups excluding carboxylic acids is 1. The first kappa shape index (κ1) is 22.9. The van der Waals surface area contributed by atoms with Gasteiger partial charge in [0.2, 0.25) is 5.91 Å². The molecule has 8 heteroatoms. The zero-order chi connectivity index (χ0) is 21.8. The van der Waals surface area contributed by atoms with Crippen molar-refractivity contribution < 1.29 is 18.3 Å². The number of alkyl halides is 2. The lowest BCUT2D eigenvalue weighted by molar-refractivity contribution is -0.122. The molecule has 0 saturated heterocycles. The van der Waals surface area contributed by atoms with E-state index in [0.29, 0.717) is 17.7 Å². The third-order valence-electron chi connectivity index (χ3n) is 6.78. The molecule has 174 valence electrons. The number of aromatic nitrogens is 1. The van der Waals surface area contributed by atoms with E-state index in [2.05, 4.69) is 15.2 Å². The minimum Gasteiger partial charge on any atom is -0.464 e. The van der Waals surface area contributed by atoms with Crippen molar-refractivity contribution in [3.05, 3.63) is 10.6 Å². The van der Waals surface area contributed by atoms with E-state index in [4.69, 9.17) is 4.74 Å². The van der Waals surface area contributed by atoms with Crippen LogP contribution in [0.25, 0.3) is 0 Å². The van der Waals surface area contributed by atoms with Gasteiger partial charge >= 0.3 is 0 Å². The second-order valence-electron chi connectivity index (χ2n) is 9.79. The van der Waals surface area contributed by atoms with Crippen molar-refractivity contribution in [2.24, 2.45) is 11.8 Å². The van der Waals surface area contributed by atoms with E-state index in [0.717, 1.165) is 69.8 Å². The summed E-state index contributed by atoms with van der Waals surface area (Å²) in [5.74, 6) is -1.05. The summed E-state index contributed by atoms with van der Waals surface area (Å²) < 4.78 is 31.2. The molecular weight excluding hydrogens is 420 g/mol. The Hall–Kier alpha value is -1.28. The van der Waals surface area contributed by atoms with Crippen molar-refractivity contribution in [3.8, 4) is 5.19 Å². The molecule has 3 aliphatic rings. The zero-order valence-electron chi connectivity index (χ0n) is 18.5. The number of thiazole rings is 1. The quantitative estimate of drug-likeness (QED) is 0.551. The Morgan fingerprint density at radius 1 is 1.19 bits per heavy atom. The van der Waals surface area contributed by atoms with Crippen LogP contribution in [0.15, 0.2) is 0 Å². The molecule has 1 aromatic rings. The van der Waals surface area contributed by atoms with Crippen LogP contribution in [0.2, 0.25) is 0 Å². The Morgan fingerprint density at radius 3 is 2.61 bits per heavy atom. The Kier molecular flexibility index (Phi) is 7.47. The summed E-state index contributed by atoms with van der Waals surface area (Å²) in [7, 11) is 0. The molecule has 31 heavy (non-hydrogen) atoms. The molecule has 0 radical (unpaired) electrons. The highest BCUT2D eigenvalue weighted by Crippen LogP contribution is 2.34. The average molecular weight is 456 g/mol. The van der Waals surface area contributed by atoms with Crippen molar-refractivity contribution in [2.45, 2.75) is 89.6 Å². The van der Waals surface area contributed by atoms with Gasteiger partial charge in [-0.1, -0.05) is 24.2 Å². The molecule has 1 N–H and O–H groups in total. The predicted octanol–water partition coefficient (Wildman–Crippen LogP) is 4.79. The largest absolute Gasteiger partial charge is 0.464 e. The van der Waals surface area contributed by atoms with Crippen LogP contribution in [-0.2, 0) is 17.8 Å². The van der Waals surface area contributed by atoms with Crippen molar-refractivity contribution in [1.29, 1.82) is 0 Å². The van der Waals surface area contributed by atoms with Gasteiger partial charge in [0, 0.05) is 37.4 Å². The van der Waals surface area contributed by atoms with Crippen molar-refractivity contribution in [3.63, 3.8) is 0 Å². The number of carbonyl (C=O) groups is 1. The fourth-order valence-electron chi connectivity index (χ4n) is 4.67. The van der Waals surface area contributed by atoms with Crippen LogP contribution in [0.5, 0.6) is 5.19 Å². The molecule has 1 amide bonds. The van der Waals surface area contributed by atoms with Crippen LogP contribution < -0.4 is 10.1 Å². The number of halogens is 2. The summed E-state index contributed by atoms with van der Waals surface area (Å²) >= 11 is 1.41. The predicted molar refractivity (Wildman–Crippen MR) is 118 cm³/mol. The lowest BCUT2D eigenvalue weighted by atomic mass is 9.84. The van der Waals surface area contributed by atoms with Crippen LogP contribution in [0.4, 0.5) is 8.78 Å². The third-order valence-corrected chi connectivity index (χ3v) is 7.85. The number of fused-ring (bicyclic) bond motifs is 1. The Balaban J connectivity index is 1.13. The number of hydrogen-bond acceptors (Lipinski definition) is 5. The molecule has 2 aliphatic carbocycles. The second kappa shape index (κ2) is 10.1. The SMILES string of the molecule is CC(F)(F)COc1nc2c(s1)CCN(CCC1CCC(NC(=O)CCC3CC3)CC1)C2. The van der Waals surface area contributed by atoms with Gasteiger partial charge in [-0.2, -0.15) is 0 Å². The molecular formula is C23H35F2N3O2S. The van der Waals surface area contributed by atoms with Crippen LogP contribution in [0, 0.1) is 11.8 Å². The van der Waals surface area contributed by atoms with Gasteiger partial charge in [-0.3, -0.25) is 9.69 Å². The molecule has 0 spiro atoms. The molecule has 0 unspecified atom stereocenters. The van der Waals surface area contributed by atoms with E-state index in [1.165, 1.54) is 48.3 Å². The molecule has 1 aliphatic heterocycles. The number of hydrogen-bond donors (Lipinski definition) is 1. The van der Waals surface area contributed by atoms with E-state index in [1.807, 2.05) is 0 Å². The summed E-state index contributed by atoms with van der Waals surface area (Å²) in [4.78, 5) is 20.1. The third kappa shape index (κ3) is 7.38. The summed E-state index contributed by atoms with van der Waals surface area (Å²) in [6.07, 6.45) is 11.0. The topological polar surface area (TPSA) is 54.5 Å². The standard InChI is InChI=1S/C23H35F2N3O2S/c1-23(24,25)15-30-22-27-19-14-28(13-11-20(19)31-22)12-10-17-4-7-18(8-5-17)26-21(29)9-6-16-2-3-16/h16-18H,2-15H2,1H3,(H,26,29). The van der Waals surface area contributed by atoms with Gasteiger partial charge in [-0.25, -0.2) is 13.8 Å². The van der Waals surface area contributed by atoms with Gasteiger partial charge in [0.15, 0.2) is 6.61 Å². The van der Waals surface area contributed by atoms with Crippen LogP contribution in [0.1, 0.15) is 75.3 Å². The molecule has 5 nitrogen and oxygen atoms in total. The van der Waals surface area contributed by atoms with E-state index in [9.17, 15) is 13.6 Å². The van der Waals surface area contributed by atoms with Gasteiger partial charge in [-0.15, -0.1) is 0 Å². The van der Waals surface area contributed by atoms with E-state index in [1.54, 1.807) is 0 Å². The maximum absolute atomic E-state index is 13.0. The average Bonchev–Trinajstić information content (AvgIpc) is 3.47. The first-order valence-electron chi connectivity index (χ1n) is 11.8.